The molecular weight excluding hydrogens is 307 g/mol. The van der Waals surface area contributed by atoms with E-state index in [1.807, 2.05) is 22.9 Å². The first-order valence-corrected chi connectivity index (χ1v) is 7.37. The van der Waals surface area contributed by atoms with Crippen molar-refractivity contribution in [1.29, 1.82) is 0 Å². The highest BCUT2D eigenvalue weighted by molar-refractivity contribution is 5.89. The van der Waals surface area contributed by atoms with Gasteiger partial charge in [0, 0.05) is 18.9 Å². The van der Waals surface area contributed by atoms with Crippen molar-refractivity contribution < 1.29 is 14.3 Å². The van der Waals surface area contributed by atoms with Gasteiger partial charge in [-0.25, -0.2) is 14.2 Å². The molecule has 1 N–H and O–H groups in total. The monoisotopic (exact) mass is 322 g/mol. The van der Waals surface area contributed by atoms with Gasteiger partial charge in [-0.3, -0.25) is 0 Å². The SMILES string of the molecule is O=C(O)c1cccc(/C=C(\Cn2ccnc2)c2ccc(F)cc2)c1. The third-order valence-corrected chi connectivity index (χ3v) is 3.60. The number of allylic oxidation sites excluding steroid dienone is 1. The van der Waals surface area contributed by atoms with Gasteiger partial charge in [0.2, 0.25) is 0 Å². The number of aromatic carboxylic acids is 1. The Morgan fingerprint density at radius 1 is 1.17 bits per heavy atom. The highest BCUT2D eigenvalue weighted by Gasteiger charge is 2.06. The molecule has 0 amide bonds. The summed E-state index contributed by atoms with van der Waals surface area (Å²) in [6, 6.07) is 12.9. The van der Waals surface area contributed by atoms with Crippen molar-refractivity contribution in [2.45, 2.75) is 6.54 Å². The van der Waals surface area contributed by atoms with Gasteiger partial charge in [-0.05, 0) is 47.0 Å². The quantitative estimate of drug-likeness (QED) is 0.723. The molecule has 24 heavy (non-hydrogen) atoms. The molecule has 0 saturated carbocycles. The number of carbonyl (C=O) groups is 1. The molecule has 0 saturated heterocycles. The van der Waals surface area contributed by atoms with Crippen LogP contribution < -0.4 is 0 Å². The number of halogens is 1. The van der Waals surface area contributed by atoms with Crippen LogP contribution in [0.15, 0.2) is 67.3 Å². The van der Waals surface area contributed by atoms with Crippen LogP contribution in [0.1, 0.15) is 21.5 Å². The van der Waals surface area contributed by atoms with Gasteiger partial charge >= 0.3 is 5.97 Å². The van der Waals surface area contributed by atoms with E-state index in [9.17, 15) is 9.18 Å². The average molecular weight is 322 g/mol. The Bertz CT molecular complexity index is 869. The van der Waals surface area contributed by atoms with Crippen LogP contribution in [0, 0.1) is 5.82 Å². The lowest BCUT2D eigenvalue weighted by Crippen LogP contribution is -1.99. The summed E-state index contributed by atoms with van der Waals surface area (Å²) < 4.78 is 15.1. The molecule has 5 heteroatoms. The van der Waals surface area contributed by atoms with Crippen LogP contribution in [-0.2, 0) is 6.54 Å². The number of rotatable bonds is 5. The first kappa shape index (κ1) is 15.7. The standard InChI is InChI=1S/C19H15FN2O2/c20-18-6-4-15(5-7-18)17(12-22-9-8-21-13-22)11-14-2-1-3-16(10-14)19(23)24/h1-11,13H,12H2,(H,23,24)/b17-11+. The van der Waals surface area contributed by atoms with Gasteiger partial charge in [0.25, 0.3) is 0 Å². The van der Waals surface area contributed by atoms with E-state index in [1.54, 1.807) is 42.9 Å². The van der Waals surface area contributed by atoms with E-state index in [0.717, 1.165) is 16.7 Å². The van der Waals surface area contributed by atoms with Crippen molar-refractivity contribution in [1.82, 2.24) is 9.55 Å². The minimum absolute atomic E-state index is 0.227. The van der Waals surface area contributed by atoms with Gasteiger partial charge in [-0.15, -0.1) is 0 Å². The van der Waals surface area contributed by atoms with Crippen LogP contribution in [0.5, 0.6) is 0 Å². The van der Waals surface area contributed by atoms with Crippen LogP contribution in [0.4, 0.5) is 4.39 Å². The second-order valence-electron chi connectivity index (χ2n) is 5.34. The average Bonchev–Trinajstić information content (AvgIpc) is 3.08. The molecule has 1 heterocycles. The van der Waals surface area contributed by atoms with Crippen molar-refractivity contribution in [2.75, 3.05) is 0 Å². The molecule has 0 aliphatic heterocycles. The minimum atomic E-state index is -0.969. The summed E-state index contributed by atoms with van der Waals surface area (Å²) in [7, 11) is 0. The summed E-state index contributed by atoms with van der Waals surface area (Å²) in [6.45, 7) is 0.545. The molecule has 2 aromatic carbocycles. The van der Waals surface area contributed by atoms with E-state index in [1.165, 1.54) is 12.1 Å². The van der Waals surface area contributed by atoms with Crippen LogP contribution in [0.25, 0.3) is 11.6 Å². The maximum absolute atomic E-state index is 13.2. The number of aromatic nitrogens is 2. The van der Waals surface area contributed by atoms with Crippen molar-refractivity contribution >= 4 is 17.6 Å². The van der Waals surface area contributed by atoms with E-state index in [2.05, 4.69) is 4.98 Å². The van der Waals surface area contributed by atoms with Gasteiger partial charge in [0.05, 0.1) is 11.9 Å². The molecule has 0 spiro atoms. The second kappa shape index (κ2) is 6.91. The van der Waals surface area contributed by atoms with E-state index in [-0.39, 0.29) is 11.4 Å². The first-order chi connectivity index (χ1) is 11.6. The Hall–Kier alpha value is -3.21. The Morgan fingerprint density at radius 2 is 1.96 bits per heavy atom. The fourth-order valence-corrected chi connectivity index (χ4v) is 2.42. The molecule has 4 nitrogen and oxygen atoms in total. The van der Waals surface area contributed by atoms with Gasteiger partial charge < -0.3 is 9.67 Å². The number of hydrogen-bond donors (Lipinski definition) is 1. The highest BCUT2D eigenvalue weighted by Crippen LogP contribution is 2.21. The number of imidazole rings is 1. The first-order valence-electron chi connectivity index (χ1n) is 7.37. The molecular formula is C19H15FN2O2. The zero-order chi connectivity index (χ0) is 16.9. The molecule has 0 radical (unpaired) electrons. The largest absolute Gasteiger partial charge is 0.478 e. The van der Waals surface area contributed by atoms with Crippen LogP contribution in [0.2, 0.25) is 0 Å². The van der Waals surface area contributed by atoms with E-state index < -0.39 is 5.97 Å². The molecule has 0 atom stereocenters. The molecule has 0 aliphatic rings. The Morgan fingerprint density at radius 3 is 2.62 bits per heavy atom. The lowest BCUT2D eigenvalue weighted by atomic mass is 10.0. The fourth-order valence-electron chi connectivity index (χ4n) is 2.42. The number of carboxylic acid groups (broad SMARTS) is 1. The van der Waals surface area contributed by atoms with E-state index >= 15 is 0 Å². The second-order valence-corrected chi connectivity index (χ2v) is 5.34. The van der Waals surface area contributed by atoms with Gasteiger partial charge in [-0.2, -0.15) is 0 Å². The van der Waals surface area contributed by atoms with Crippen LogP contribution >= 0.6 is 0 Å². The number of nitrogens with zero attached hydrogens (tertiary/aromatic N) is 2. The number of hydrogen-bond acceptors (Lipinski definition) is 2. The summed E-state index contributed by atoms with van der Waals surface area (Å²) >= 11 is 0. The maximum Gasteiger partial charge on any atom is 0.335 e. The topological polar surface area (TPSA) is 55.1 Å². The minimum Gasteiger partial charge on any atom is -0.478 e. The van der Waals surface area contributed by atoms with Crippen LogP contribution in [0.3, 0.4) is 0 Å². The Labute approximate surface area is 138 Å². The predicted molar refractivity (Wildman–Crippen MR) is 89.9 cm³/mol. The maximum atomic E-state index is 13.2. The fraction of sp³-hybridized carbons (Fsp3) is 0.0526. The van der Waals surface area contributed by atoms with Crippen molar-refractivity contribution in [2.24, 2.45) is 0 Å². The molecule has 3 rings (SSSR count). The van der Waals surface area contributed by atoms with Crippen molar-refractivity contribution in [3.63, 3.8) is 0 Å². The predicted octanol–water partition coefficient (Wildman–Crippen LogP) is 3.96. The van der Waals surface area contributed by atoms with E-state index in [0.29, 0.717) is 6.54 Å². The van der Waals surface area contributed by atoms with Crippen LogP contribution in [-0.4, -0.2) is 20.6 Å². The zero-order valence-electron chi connectivity index (χ0n) is 12.8. The Kier molecular flexibility index (Phi) is 4.52. The van der Waals surface area contributed by atoms with Gasteiger partial charge in [-0.1, -0.05) is 24.3 Å². The van der Waals surface area contributed by atoms with Gasteiger partial charge in [0.1, 0.15) is 5.82 Å². The molecule has 3 aromatic rings. The molecule has 1 aromatic heterocycles. The number of benzene rings is 2. The third-order valence-electron chi connectivity index (χ3n) is 3.60. The molecule has 120 valence electrons. The molecule has 0 aliphatic carbocycles. The van der Waals surface area contributed by atoms with Crippen molar-refractivity contribution in [3.8, 4) is 0 Å². The number of carboxylic acids is 1. The van der Waals surface area contributed by atoms with E-state index in [4.69, 9.17) is 5.11 Å². The molecule has 0 bridgehead atoms. The lowest BCUT2D eigenvalue weighted by Gasteiger charge is -2.10. The summed E-state index contributed by atoms with van der Waals surface area (Å²) in [5.41, 5.74) is 2.79. The van der Waals surface area contributed by atoms with Crippen molar-refractivity contribution in [3.05, 3.63) is 89.8 Å². The summed E-state index contributed by atoms with van der Waals surface area (Å²) in [5, 5.41) is 9.12. The Balaban J connectivity index is 2.01. The molecule has 0 unspecified atom stereocenters. The molecule has 0 fully saturated rings. The lowest BCUT2D eigenvalue weighted by molar-refractivity contribution is 0.0697. The zero-order valence-corrected chi connectivity index (χ0v) is 12.8. The normalized spacial score (nSPS) is 11.5. The summed E-state index contributed by atoms with van der Waals surface area (Å²) in [5.74, 6) is -1.27. The van der Waals surface area contributed by atoms with Gasteiger partial charge in [0.15, 0.2) is 0 Å². The third kappa shape index (κ3) is 3.76. The smallest absolute Gasteiger partial charge is 0.335 e. The highest BCUT2D eigenvalue weighted by atomic mass is 19.1. The summed E-state index contributed by atoms with van der Waals surface area (Å²) in [6.07, 6.45) is 7.13. The summed E-state index contributed by atoms with van der Waals surface area (Å²) in [4.78, 5) is 15.2.